The van der Waals surface area contributed by atoms with Gasteiger partial charge in [-0.15, -0.1) is 0 Å². The molecule has 7 aliphatic rings. The molecule has 5 saturated carbocycles. The van der Waals surface area contributed by atoms with Crippen LogP contribution in [0.4, 0.5) is 0 Å². The van der Waals surface area contributed by atoms with E-state index in [0.29, 0.717) is 24.2 Å². The molecule has 238 valence electrons. The standard InChI is InChI=1S/C35H56O7/c1-19(2)14-27(38)41-26-10-11-31(5)23-9-12-34-17-35(34,33(23,7)25(37)16-24(31)30(26,3)4)13-8-21(34)20-15-22(40-29(20)39)28-32(6,18-36)42-28/h19-26,28-29,36-37,39H,8-18H2,1-7H3/t20-,21-,22+,23+,24-,25+,26+,28-,29?,31+,32+,33-,34+,35+/m0/s1. The van der Waals surface area contributed by atoms with Crippen molar-refractivity contribution in [2.45, 2.75) is 149 Å². The van der Waals surface area contributed by atoms with Crippen LogP contribution in [0, 0.1) is 56.7 Å². The maximum atomic E-state index is 12.7. The Balaban J connectivity index is 1.12. The third-order valence-corrected chi connectivity index (χ3v) is 15.2. The van der Waals surface area contributed by atoms with Gasteiger partial charge in [-0.3, -0.25) is 4.79 Å². The van der Waals surface area contributed by atoms with Crippen LogP contribution in [0.15, 0.2) is 0 Å². The van der Waals surface area contributed by atoms with Crippen LogP contribution in [0.1, 0.15) is 113 Å². The predicted molar refractivity (Wildman–Crippen MR) is 157 cm³/mol. The van der Waals surface area contributed by atoms with Gasteiger partial charge in [-0.05, 0) is 105 Å². The summed E-state index contributed by atoms with van der Waals surface area (Å²) in [5.74, 6) is 1.42. The van der Waals surface area contributed by atoms with E-state index in [9.17, 15) is 20.1 Å². The number of ether oxygens (including phenoxy) is 3. The second-order valence-corrected chi connectivity index (χ2v) is 17.7. The van der Waals surface area contributed by atoms with Crippen molar-refractivity contribution in [1.29, 1.82) is 0 Å². The first-order valence-electron chi connectivity index (χ1n) is 17.1. The smallest absolute Gasteiger partial charge is 0.306 e. The predicted octanol–water partition coefficient (Wildman–Crippen LogP) is 5.23. The third-order valence-electron chi connectivity index (χ3n) is 15.2. The van der Waals surface area contributed by atoms with Crippen LogP contribution < -0.4 is 0 Å². The molecule has 7 nitrogen and oxygen atoms in total. The molecule has 5 aliphatic carbocycles. The van der Waals surface area contributed by atoms with Crippen molar-refractivity contribution in [2.24, 2.45) is 56.7 Å². The van der Waals surface area contributed by atoms with Gasteiger partial charge >= 0.3 is 5.97 Å². The van der Waals surface area contributed by atoms with Gasteiger partial charge in [-0.25, -0.2) is 0 Å². The lowest BCUT2D eigenvalue weighted by Crippen LogP contribution is -2.66. The Kier molecular flexibility index (Phi) is 6.54. The molecule has 0 aromatic heterocycles. The largest absolute Gasteiger partial charge is 0.462 e. The molecule has 42 heavy (non-hydrogen) atoms. The highest BCUT2D eigenvalue weighted by Crippen LogP contribution is 2.91. The van der Waals surface area contributed by atoms with Gasteiger partial charge in [-0.2, -0.15) is 0 Å². The third kappa shape index (κ3) is 3.67. The van der Waals surface area contributed by atoms with Crippen molar-refractivity contribution in [3.8, 4) is 0 Å². The van der Waals surface area contributed by atoms with Crippen LogP contribution in [0.2, 0.25) is 0 Å². The number of rotatable bonds is 6. The number of fused-ring (bicyclic) bond motifs is 3. The van der Waals surface area contributed by atoms with Crippen LogP contribution in [-0.4, -0.2) is 64.2 Å². The summed E-state index contributed by atoms with van der Waals surface area (Å²) >= 11 is 0. The van der Waals surface area contributed by atoms with Crippen molar-refractivity contribution < 1.29 is 34.3 Å². The van der Waals surface area contributed by atoms with Crippen molar-refractivity contribution in [3.63, 3.8) is 0 Å². The van der Waals surface area contributed by atoms with Gasteiger partial charge in [-0.1, -0.05) is 41.5 Å². The first-order valence-corrected chi connectivity index (χ1v) is 17.1. The van der Waals surface area contributed by atoms with E-state index in [1.54, 1.807) is 0 Å². The van der Waals surface area contributed by atoms with Crippen LogP contribution in [0.5, 0.6) is 0 Å². The number of epoxide rings is 1. The first-order chi connectivity index (χ1) is 19.6. The molecule has 0 bridgehead atoms. The zero-order chi connectivity index (χ0) is 30.3. The maximum Gasteiger partial charge on any atom is 0.306 e. The fraction of sp³-hybridized carbons (Fsp3) is 0.971. The van der Waals surface area contributed by atoms with Crippen molar-refractivity contribution in [2.75, 3.05) is 6.61 Å². The average molecular weight is 589 g/mol. The zero-order valence-corrected chi connectivity index (χ0v) is 27.0. The highest BCUT2D eigenvalue weighted by Gasteiger charge is 2.86. The van der Waals surface area contributed by atoms with E-state index in [-0.39, 0.29) is 75.9 Å². The molecule has 2 saturated heterocycles. The van der Waals surface area contributed by atoms with Crippen LogP contribution in [-0.2, 0) is 19.0 Å². The van der Waals surface area contributed by atoms with Gasteiger partial charge < -0.3 is 29.5 Å². The maximum absolute atomic E-state index is 12.7. The van der Waals surface area contributed by atoms with E-state index in [2.05, 4.69) is 41.5 Å². The van der Waals surface area contributed by atoms with Gasteiger partial charge in [0.25, 0.3) is 0 Å². The lowest BCUT2D eigenvalue weighted by atomic mass is 9.37. The Bertz CT molecular complexity index is 1120. The zero-order valence-electron chi connectivity index (χ0n) is 27.0. The van der Waals surface area contributed by atoms with E-state index in [4.69, 9.17) is 14.2 Å². The summed E-state index contributed by atoms with van der Waals surface area (Å²) < 4.78 is 18.1. The van der Waals surface area contributed by atoms with Gasteiger partial charge in [0.1, 0.15) is 17.8 Å². The number of aliphatic hydroxyl groups is 3. The van der Waals surface area contributed by atoms with Gasteiger partial charge in [0, 0.05) is 23.2 Å². The quantitative estimate of drug-likeness (QED) is 0.288. The number of aliphatic hydroxyl groups excluding tert-OH is 3. The number of carbonyl (C=O) groups excluding carboxylic acids is 1. The van der Waals surface area contributed by atoms with Gasteiger partial charge in [0.15, 0.2) is 6.29 Å². The summed E-state index contributed by atoms with van der Waals surface area (Å²) in [4.78, 5) is 12.7. The SMILES string of the molecule is CC(C)CC(=O)O[C@@H]1CC[C@]2(C)[C@H]3CC[C@]45C[C@]4(CC[C@H]5[C@@H]4C[C@H]([C@@H]5O[C@]5(C)CO)OC4O)[C@]3(C)[C@H](O)C[C@H]2C1(C)C. The minimum absolute atomic E-state index is 0.0237. The Labute approximate surface area is 252 Å². The van der Waals surface area contributed by atoms with E-state index < -0.39 is 11.9 Å². The topological polar surface area (TPSA) is 109 Å². The fourth-order valence-electron chi connectivity index (χ4n) is 13.1. The molecular formula is C35H56O7. The molecule has 2 aliphatic heterocycles. The minimum Gasteiger partial charge on any atom is -0.462 e. The number of hydrogen-bond donors (Lipinski definition) is 3. The van der Waals surface area contributed by atoms with E-state index in [1.807, 2.05) is 6.92 Å². The second kappa shape index (κ2) is 9.18. The summed E-state index contributed by atoms with van der Waals surface area (Å²) in [6.45, 7) is 15.5. The molecule has 7 heteroatoms. The number of esters is 1. The van der Waals surface area contributed by atoms with Crippen molar-refractivity contribution >= 4 is 5.97 Å². The van der Waals surface area contributed by atoms with Crippen LogP contribution in [0.3, 0.4) is 0 Å². The molecule has 7 rings (SSSR count). The van der Waals surface area contributed by atoms with Crippen molar-refractivity contribution in [1.82, 2.24) is 0 Å². The Morgan fingerprint density at radius 1 is 0.976 bits per heavy atom. The highest BCUT2D eigenvalue weighted by molar-refractivity contribution is 5.69. The Morgan fingerprint density at radius 3 is 2.38 bits per heavy atom. The molecule has 14 atom stereocenters. The molecule has 7 fully saturated rings. The van der Waals surface area contributed by atoms with E-state index in [1.165, 1.54) is 6.42 Å². The molecule has 0 amide bonds. The fourth-order valence-corrected chi connectivity index (χ4v) is 13.1. The molecule has 1 unspecified atom stereocenters. The lowest BCUT2D eigenvalue weighted by Gasteiger charge is -2.68. The molecular weight excluding hydrogens is 532 g/mol. The minimum atomic E-state index is -0.781. The second-order valence-electron chi connectivity index (χ2n) is 17.7. The summed E-state index contributed by atoms with van der Waals surface area (Å²) in [6, 6.07) is 0. The molecule has 0 aromatic carbocycles. The Morgan fingerprint density at radius 2 is 1.71 bits per heavy atom. The van der Waals surface area contributed by atoms with Gasteiger partial charge in [0.05, 0.1) is 18.8 Å². The van der Waals surface area contributed by atoms with E-state index >= 15 is 0 Å². The normalized spacial score (nSPS) is 57.2. The van der Waals surface area contributed by atoms with Gasteiger partial charge in [0.2, 0.25) is 0 Å². The summed E-state index contributed by atoms with van der Waals surface area (Å²) in [6.07, 6.45) is 8.07. The summed E-state index contributed by atoms with van der Waals surface area (Å²) in [5.41, 5.74) is -0.486. The van der Waals surface area contributed by atoms with Crippen LogP contribution >= 0.6 is 0 Å². The molecule has 0 aromatic rings. The van der Waals surface area contributed by atoms with E-state index in [0.717, 1.165) is 51.4 Å². The van der Waals surface area contributed by atoms with Crippen molar-refractivity contribution in [3.05, 3.63) is 0 Å². The molecule has 3 N–H and O–H groups in total. The molecule has 2 heterocycles. The monoisotopic (exact) mass is 588 g/mol. The average Bonchev–Trinajstić information content (AvgIpc) is 3.69. The summed E-state index contributed by atoms with van der Waals surface area (Å²) in [5, 5.41) is 33.2. The highest BCUT2D eigenvalue weighted by atomic mass is 16.7. The summed E-state index contributed by atoms with van der Waals surface area (Å²) in [7, 11) is 0. The Hall–Kier alpha value is -0.730. The lowest BCUT2D eigenvalue weighted by molar-refractivity contribution is -0.246. The molecule has 0 spiro atoms. The number of hydrogen-bond acceptors (Lipinski definition) is 7. The number of carbonyl (C=O) groups is 1. The molecule has 0 radical (unpaired) electrons. The van der Waals surface area contributed by atoms with Crippen LogP contribution in [0.25, 0.3) is 0 Å². The first kappa shape index (κ1) is 30.0.